The minimum absolute atomic E-state index is 0.00751. The quantitative estimate of drug-likeness (QED) is 0.879. The zero-order valence-electron chi connectivity index (χ0n) is 15.1. The van der Waals surface area contributed by atoms with E-state index in [1.165, 1.54) is 4.90 Å². The highest BCUT2D eigenvalue weighted by atomic mass is 16.5. The number of ether oxygens (including phenoxy) is 1. The molecule has 0 aliphatic rings. The molecule has 2 aromatic carbocycles. The maximum absolute atomic E-state index is 12.5. The second-order valence-corrected chi connectivity index (χ2v) is 6.11. The summed E-state index contributed by atoms with van der Waals surface area (Å²) in [5.74, 6) is -0.412. The summed E-state index contributed by atoms with van der Waals surface area (Å²) in [5, 5.41) is 2.89. The summed E-state index contributed by atoms with van der Waals surface area (Å²) >= 11 is 0. The van der Waals surface area contributed by atoms with Crippen LogP contribution in [0.25, 0.3) is 0 Å². The summed E-state index contributed by atoms with van der Waals surface area (Å²) in [6, 6.07) is 13.0. The fraction of sp³-hybridized carbons (Fsp3) is 0.300. The fourth-order valence-corrected chi connectivity index (χ4v) is 2.61. The van der Waals surface area contributed by atoms with Crippen LogP contribution in [0.3, 0.4) is 0 Å². The first-order valence-electron chi connectivity index (χ1n) is 8.11. The van der Waals surface area contributed by atoms with Gasteiger partial charge in [0.2, 0.25) is 5.91 Å². The molecule has 0 atom stereocenters. The number of amides is 2. The number of methoxy groups -OCH3 is 1. The topological polar surface area (TPSA) is 58.6 Å². The third-order valence-electron chi connectivity index (χ3n) is 3.98. The van der Waals surface area contributed by atoms with E-state index in [4.69, 9.17) is 4.74 Å². The Morgan fingerprint density at radius 3 is 2.20 bits per heavy atom. The van der Waals surface area contributed by atoms with Crippen LogP contribution < -0.4 is 5.32 Å². The first kappa shape index (κ1) is 18.7. The van der Waals surface area contributed by atoms with E-state index in [1.807, 2.05) is 44.2 Å². The van der Waals surface area contributed by atoms with Crippen molar-refractivity contribution in [1.29, 1.82) is 0 Å². The van der Waals surface area contributed by atoms with Crippen molar-refractivity contribution < 1.29 is 14.3 Å². The molecule has 0 fully saturated rings. The Bertz CT molecular complexity index is 734. The van der Waals surface area contributed by atoms with Gasteiger partial charge in [0, 0.05) is 25.4 Å². The molecule has 25 heavy (non-hydrogen) atoms. The molecular formula is C20H24N2O3. The van der Waals surface area contributed by atoms with E-state index < -0.39 is 0 Å². The second kappa shape index (κ2) is 8.44. The van der Waals surface area contributed by atoms with Gasteiger partial charge in [-0.2, -0.15) is 0 Å². The van der Waals surface area contributed by atoms with Crippen LogP contribution in [0, 0.1) is 13.8 Å². The lowest BCUT2D eigenvalue weighted by atomic mass is 10.1. The Hall–Kier alpha value is -2.66. The highest BCUT2D eigenvalue weighted by molar-refractivity contribution is 5.99. The molecule has 2 rings (SSSR count). The molecule has 0 unspecified atom stereocenters. The van der Waals surface area contributed by atoms with E-state index in [0.717, 1.165) is 22.4 Å². The van der Waals surface area contributed by atoms with E-state index in [0.29, 0.717) is 12.2 Å². The highest BCUT2D eigenvalue weighted by Gasteiger charge is 2.16. The first-order valence-corrected chi connectivity index (χ1v) is 8.11. The Labute approximate surface area is 148 Å². The van der Waals surface area contributed by atoms with Crippen LogP contribution in [0.1, 0.15) is 27.0 Å². The van der Waals surface area contributed by atoms with Crippen molar-refractivity contribution in [1.82, 2.24) is 4.90 Å². The lowest BCUT2D eigenvalue weighted by Gasteiger charge is -2.18. The van der Waals surface area contributed by atoms with Gasteiger partial charge in [0.1, 0.15) is 0 Å². The molecule has 1 N–H and O–H groups in total. The van der Waals surface area contributed by atoms with E-state index in [1.54, 1.807) is 26.3 Å². The van der Waals surface area contributed by atoms with Crippen molar-refractivity contribution in [2.45, 2.75) is 20.5 Å². The number of anilines is 1. The van der Waals surface area contributed by atoms with Gasteiger partial charge in [-0.3, -0.25) is 9.59 Å². The van der Waals surface area contributed by atoms with E-state index in [9.17, 15) is 9.59 Å². The average molecular weight is 340 g/mol. The fourth-order valence-electron chi connectivity index (χ4n) is 2.61. The van der Waals surface area contributed by atoms with Crippen LogP contribution in [0.4, 0.5) is 5.69 Å². The van der Waals surface area contributed by atoms with Gasteiger partial charge in [-0.1, -0.05) is 30.3 Å². The van der Waals surface area contributed by atoms with Crippen molar-refractivity contribution in [2.75, 3.05) is 26.0 Å². The molecule has 2 amide bonds. The van der Waals surface area contributed by atoms with Crippen LogP contribution in [-0.4, -0.2) is 37.4 Å². The number of aryl methyl sites for hydroxylation is 2. The largest absolute Gasteiger partial charge is 0.380 e. The number of benzene rings is 2. The summed E-state index contributed by atoms with van der Waals surface area (Å²) in [5.41, 5.74) is 4.33. The molecule has 2 aromatic rings. The summed E-state index contributed by atoms with van der Waals surface area (Å²) in [6.45, 7) is 4.38. The highest BCUT2D eigenvalue weighted by Crippen LogP contribution is 2.19. The van der Waals surface area contributed by atoms with E-state index in [2.05, 4.69) is 5.32 Å². The molecule has 0 aliphatic heterocycles. The van der Waals surface area contributed by atoms with Crippen molar-refractivity contribution in [2.24, 2.45) is 0 Å². The minimum atomic E-state index is -0.218. The summed E-state index contributed by atoms with van der Waals surface area (Å²) in [4.78, 5) is 26.1. The normalized spacial score (nSPS) is 10.4. The van der Waals surface area contributed by atoms with Crippen LogP contribution in [-0.2, 0) is 16.1 Å². The summed E-state index contributed by atoms with van der Waals surface area (Å²) in [7, 11) is 3.25. The van der Waals surface area contributed by atoms with Crippen molar-refractivity contribution >= 4 is 17.5 Å². The molecular weight excluding hydrogens is 316 g/mol. The van der Waals surface area contributed by atoms with Gasteiger partial charge in [-0.25, -0.2) is 0 Å². The van der Waals surface area contributed by atoms with E-state index in [-0.39, 0.29) is 18.4 Å². The van der Waals surface area contributed by atoms with Gasteiger partial charge >= 0.3 is 0 Å². The molecule has 0 radical (unpaired) electrons. The number of nitrogens with one attached hydrogen (secondary N) is 1. The Balaban J connectivity index is 1.99. The molecule has 0 aliphatic carbocycles. The Morgan fingerprint density at radius 2 is 1.64 bits per heavy atom. The van der Waals surface area contributed by atoms with Gasteiger partial charge in [-0.15, -0.1) is 0 Å². The monoisotopic (exact) mass is 340 g/mol. The van der Waals surface area contributed by atoms with Crippen LogP contribution in [0.5, 0.6) is 0 Å². The van der Waals surface area contributed by atoms with Gasteiger partial charge < -0.3 is 15.0 Å². The molecule has 0 saturated heterocycles. The second-order valence-electron chi connectivity index (χ2n) is 6.11. The Kier molecular flexibility index (Phi) is 6.31. The van der Waals surface area contributed by atoms with Crippen LogP contribution in [0.15, 0.2) is 42.5 Å². The molecule has 0 saturated carbocycles. The number of hydrogen-bond donors (Lipinski definition) is 1. The van der Waals surface area contributed by atoms with Crippen molar-refractivity contribution in [3.05, 3.63) is 64.7 Å². The van der Waals surface area contributed by atoms with Crippen LogP contribution >= 0.6 is 0 Å². The molecule has 0 bridgehead atoms. The standard InChI is InChI=1S/C20H24N2O3/c1-14-6-5-7-15(2)19(14)21-18(23)12-22(3)20(24)17-10-8-16(9-11-17)13-25-4/h5-11H,12-13H2,1-4H3,(H,21,23). The predicted octanol–water partition coefficient (Wildman–Crippen LogP) is 3.16. The van der Waals surface area contributed by atoms with Gasteiger partial charge in [0.25, 0.3) is 5.91 Å². The van der Waals surface area contributed by atoms with Crippen LogP contribution in [0.2, 0.25) is 0 Å². The number of likely N-dealkylation sites (N-methyl/N-ethyl adjacent to an activating group) is 1. The number of carbonyl (C=O) groups excluding carboxylic acids is 2. The van der Waals surface area contributed by atoms with Gasteiger partial charge in [-0.05, 0) is 42.7 Å². The molecule has 0 aromatic heterocycles. The first-order chi connectivity index (χ1) is 11.9. The molecule has 0 spiro atoms. The number of rotatable bonds is 6. The zero-order valence-corrected chi connectivity index (χ0v) is 15.1. The third kappa shape index (κ3) is 4.90. The minimum Gasteiger partial charge on any atom is -0.380 e. The smallest absolute Gasteiger partial charge is 0.254 e. The number of para-hydroxylation sites is 1. The average Bonchev–Trinajstić information content (AvgIpc) is 2.58. The number of carbonyl (C=O) groups is 2. The lowest BCUT2D eigenvalue weighted by molar-refractivity contribution is -0.116. The van der Waals surface area contributed by atoms with Gasteiger partial charge in [0.15, 0.2) is 0 Å². The maximum Gasteiger partial charge on any atom is 0.254 e. The maximum atomic E-state index is 12.5. The molecule has 5 heteroatoms. The lowest BCUT2D eigenvalue weighted by Crippen LogP contribution is -2.35. The summed E-state index contributed by atoms with van der Waals surface area (Å²) < 4.78 is 5.06. The zero-order chi connectivity index (χ0) is 18.4. The molecule has 0 heterocycles. The summed E-state index contributed by atoms with van der Waals surface area (Å²) in [6.07, 6.45) is 0. The van der Waals surface area contributed by atoms with E-state index >= 15 is 0 Å². The SMILES string of the molecule is COCc1ccc(C(=O)N(C)CC(=O)Nc2c(C)cccc2C)cc1. The number of nitrogens with zero attached hydrogens (tertiary/aromatic N) is 1. The third-order valence-corrected chi connectivity index (χ3v) is 3.98. The predicted molar refractivity (Wildman–Crippen MR) is 98.7 cm³/mol. The van der Waals surface area contributed by atoms with Crippen molar-refractivity contribution in [3.8, 4) is 0 Å². The van der Waals surface area contributed by atoms with Gasteiger partial charge in [0.05, 0.1) is 13.2 Å². The number of hydrogen-bond acceptors (Lipinski definition) is 3. The molecule has 132 valence electrons. The molecule has 5 nitrogen and oxygen atoms in total. The Morgan fingerprint density at radius 1 is 1.04 bits per heavy atom. The van der Waals surface area contributed by atoms with Crippen molar-refractivity contribution in [3.63, 3.8) is 0 Å².